The van der Waals surface area contributed by atoms with Crippen LogP contribution in [-0.4, -0.2) is 92.3 Å². The molecule has 2 N–H and O–H groups in total. The zero-order chi connectivity index (χ0) is 27.1. The summed E-state index contributed by atoms with van der Waals surface area (Å²) in [4.78, 5) is 42.6. The van der Waals surface area contributed by atoms with E-state index in [1.165, 1.54) is 18.0 Å². The number of carbonyl (C=O) groups excluding carboxylic acids is 3. The topological polar surface area (TPSA) is 94.2 Å². The van der Waals surface area contributed by atoms with Gasteiger partial charge in [-0.15, -0.1) is 0 Å². The van der Waals surface area contributed by atoms with Crippen LogP contribution in [0.1, 0.15) is 34.3 Å². The zero-order valence-electron chi connectivity index (χ0n) is 22.0. The normalized spacial score (nSPS) is 16.7. The highest BCUT2D eigenvalue weighted by Crippen LogP contribution is 2.32. The lowest BCUT2D eigenvalue weighted by atomic mass is 10.1. The van der Waals surface area contributed by atoms with Crippen molar-refractivity contribution < 1.29 is 23.5 Å². The number of piperazine rings is 1. The van der Waals surface area contributed by atoms with Crippen LogP contribution in [-0.2, 0) is 22.7 Å². The van der Waals surface area contributed by atoms with Crippen LogP contribution in [0.3, 0.4) is 0 Å². The molecule has 1 atom stereocenters. The highest BCUT2D eigenvalue weighted by atomic mass is 19.1. The fourth-order valence-corrected chi connectivity index (χ4v) is 4.92. The van der Waals surface area contributed by atoms with Crippen LogP contribution in [0.4, 0.5) is 10.1 Å². The lowest BCUT2D eigenvalue weighted by Gasteiger charge is -2.32. The molecule has 10 heteroatoms. The monoisotopic (exact) mass is 525 g/mol. The van der Waals surface area contributed by atoms with E-state index in [-0.39, 0.29) is 43.6 Å². The molecule has 1 saturated heterocycles. The molecule has 2 aliphatic heterocycles. The van der Waals surface area contributed by atoms with Gasteiger partial charge >= 0.3 is 0 Å². The summed E-state index contributed by atoms with van der Waals surface area (Å²) in [6.45, 7) is 5.91. The average Bonchev–Trinajstić information content (AvgIpc) is 3.26. The van der Waals surface area contributed by atoms with Crippen LogP contribution in [0.5, 0.6) is 5.75 Å². The van der Waals surface area contributed by atoms with Gasteiger partial charge in [0.05, 0.1) is 0 Å². The number of halogens is 1. The Morgan fingerprint density at radius 1 is 1.18 bits per heavy atom. The molecule has 4 rings (SSSR count). The Morgan fingerprint density at radius 3 is 2.71 bits per heavy atom. The van der Waals surface area contributed by atoms with Crippen molar-refractivity contribution >= 4 is 23.8 Å². The number of rotatable bonds is 12. The largest absolute Gasteiger partial charge is 0.492 e. The van der Waals surface area contributed by atoms with Crippen LogP contribution in [0.15, 0.2) is 36.4 Å². The molecule has 0 spiro atoms. The number of amides is 2. The SMILES string of the molecule is CNC(=O)C(CCC=O)N1Cc2c(NCc3cc(OCCN4CCN(C)CC4)ccc3F)cccc2C1=O. The van der Waals surface area contributed by atoms with Crippen molar-refractivity contribution in [2.75, 3.05) is 58.7 Å². The molecule has 2 aliphatic rings. The molecular formula is C28H36FN5O4. The van der Waals surface area contributed by atoms with E-state index >= 15 is 0 Å². The van der Waals surface area contributed by atoms with Gasteiger partial charge in [0.1, 0.15) is 30.5 Å². The van der Waals surface area contributed by atoms with Crippen molar-refractivity contribution in [1.82, 2.24) is 20.0 Å². The molecule has 0 saturated carbocycles. The Balaban J connectivity index is 1.39. The van der Waals surface area contributed by atoms with Gasteiger partial charge in [0.2, 0.25) is 5.91 Å². The van der Waals surface area contributed by atoms with Crippen LogP contribution < -0.4 is 15.4 Å². The van der Waals surface area contributed by atoms with Crippen LogP contribution in [0.25, 0.3) is 0 Å². The fraction of sp³-hybridized carbons (Fsp3) is 0.464. The van der Waals surface area contributed by atoms with Gasteiger partial charge in [0.25, 0.3) is 5.91 Å². The number of carbonyl (C=O) groups is 3. The van der Waals surface area contributed by atoms with Gasteiger partial charge < -0.3 is 30.0 Å². The molecule has 0 bridgehead atoms. The molecule has 38 heavy (non-hydrogen) atoms. The first-order valence-electron chi connectivity index (χ1n) is 13.1. The van der Waals surface area contributed by atoms with E-state index in [0.717, 1.165) is 44.6 Å². The Kier molecular flexibility index (Phi) is 9.30. The number of nitrogens with zero attached hydrogens (tertiary/aromatic N) is 3. The predicted molar refractivity (Wildman–Crippen MR) is 143 cm³/mol. The number of ether oxygens (including phenoxy) is 1. The van der Waals surface area contributed by atoms with E-state index in [1.54, 1.807) is 24.3 Å². The highest BCUT2D eigenvalue weighted by Gasteiger charge is 2.36. The predicted octanol–water partition coefficient (Wildman–Crippen LogP) is 2.11. The molecule has 0 radical (unpaired) electrons. The first kappa shape index (κ1) is 27.5. The molecule has 2 heterocycles. The van der Waals surface area contributed by atoms with Crippen molar-refractivity contribution in [2.24, 2.45) is 0 Å². The number of hydrogen-bond donors (Lipinski definition) is 2. The summed E-state index contributed by atoms with van der Waals surface area (Å²) >= 11 is 0. The lowest BCUT2D eigenvalue weighted by Crippen LogP contribution is -2.46. The van der Waals surface area contributed by atoms with Gasteiger partial charge in [-0.3, -0.25) is 14.5 Å². The minimum Gasteiger partial charge on any atom is -0.492 e. The van der Waals surface area contributed by atoms with Gasteiger partial charge in [0, 0.05) is 81.7 Å². The van der Waals surface area contributed by atoms with Crippen molar-refractivity contribution in [3.63, 3.8) is 0 Å². The van der Waals surface area contributed by atoms with E-state index in [2.05, 4.69) is 27.5 Å². The number of benzene rings is 2. The number of hydrogen-bond acceptors (Lipinski definition) is 7. The highest BCUT2D eigenvalue weighted by molar-refractivity contribution is 6.02. The fourth-order valence-electron chi connectivity index (χ4n) is 4.92. The first-order chi connectivity index (χ1) is 18.4. The third kappa shape index (κ3) is 6.49. The molecule has 0 aliphatic carbocycles. The molecule has 1 fully saturated rings. The number of fused-ring (bicyclic) bond motifs is 1. The second-order valence-corrected chi connectivity index (χ2v) is 9.74. The molecule has 2 amide bonds. The van der Waals surface area contributed by atoms with Gasteiger partial charge in [-0.05, 0) is 43.8 Å². The maximum absolute atomic E-state index is 14.6. The molecule has 204 valence electrons. The van der Waals surface area contributed by atoms with Crippen molar-refractivity contribution in [3.8, 4) is 5.75 Å². The van der Waals surface area contributed by atoms with Gasteiger partial charge in [-0.1, -0.05) is 6.07 Å². The Hall–Kier alpha value is -3.50. The number of likely N-dealkylation sites (N-methyl/N-ethyl adjacent to an activating group) is 2. The first-order valence-corrected chi connectivity index (χ1v) is 13.1. The maximum atomic E-state index is 14.6. The Morgan fingerprint density at radius 2 is 1.97 bits per heavy atom. The Bertz CT molecular complexity index is 1150. The van der Waals surface area contributed by atoms with E-state index < -0.39 is 6.04 Å². The van der Waals surface area contributed by atoms with Crippen LogP contribution in [0.2, 0.25) is 0 Å². The van der Waals surface area contributed by atoms with Gasteiger partial charge in [0.15, 0.2) is 0 Å². The summed E-state index contributed by atoms with van der Waals surface area (Å²) in [5, 5.41) is 5.85. The molecule has 1 unspecified atom stereocenters. The molecule has 0 aromatic heterocycles. The smallest absolute Gasteiger partial charge is 0.255 e. The third-order valence-corrected chi connectivity index (χ3v) is 7.24. The summed E-state index contributed by atoms with van der Waals surface area (Å²) in [7, 11) is 3.63. The molecule has 2 aromatic rings. The van der Waals surface area contributed by atoms with E-state index in [4.69, 9.17) is 4.74 Å². The van der Waals surface area contributed by atoms with Crippen LogP contribution in [0, 0.1) is 5.82 Å². The molecule has 2 aromatic carbocycles. The number of anilines is 1. The van der Waals surface area contributed by atoms with E-state index in [1.807, 2.05) is 6.07 Å². The summed E-state index contributed by atoms with van der Waals surface area (Å²) in [6.07, 6.45) is 1.17. The quantitative estimate of drug-likeness (QED) is 0.410. The van der Waals surface area contributed by atoms with E-state index in [9.17, 15) is 18.8 Å². The maximum Gasteiger partial charge on any atom is 0.255 e. The third-order valence-electron chi connectivity index (χ3n) is 7.24. The number of aldehydes is 1. The summed E-state index contributed by atoms with van der Waals surface area (Å²) < 4.78 is 20.5. The second kappa shape index (κ2) is 12.8. The van der Waals surface area contributed by atoms with E-state index in [0.29, 0.717) is 29.2 Å². The molecule has 9 nitrogen and oxygen atoms in total. The van der Waals surface area contributed by atoms with Crippen LogP contribution >= 0.6 is 0 Å². The summed E-state index contributed by atoms with van der Waals surface area (Å²) in [5.41, 5.74) is 2.40. The Labute approximate surface area is 222 Å². The van der Waals surface area contributed by atoms with Crippen molar-refractivity contribution in [1.29, 1.82) is 0 Å². The van der Waals surface area contributed by atoms with Gasteiger partial charge in [-0.25, -0.2) is 4.39 Å². The molecular weight excluding hydrogens is 489 g/mol. The number of nitrogens with one attached hydrogen (secondary N) is 2. The van der Waals surface area contributed by atoms with Crippen molar-refractivity contribution in [2.45, 2.75) is 32.0 Å². The minimum atomic E-state index is -0.741. The standard InChI is InChI=1S/C28H36FN5O4/c1-30-27(36)26(7-4-15-35)34-19-23-22(28(34)37)5-3-6-25(23)31-18-20-17-21(8-9-24(20)29)38-16-14-33-12-10-32(2)11-13-33/h3,5-6,8-9,15,17,26,31H,4,7,10-14,16,18-19H2,1-2H3,(H,30,36). The minimum absolute atomic E-state index is 0.177. The second-order valence-electron chi connectivity index (χ2n) is 9.74. The zero-order valence-corrected chi connectivity index (χ0v) is 22.0. The summed E-state index contributed by atoms with van der Waals surface area (Å²) in [5.74, 6) is -0.303. The lowest BCUT2D eigenvalue weighted by molar-refractivity contribution is -0.125. The van der Waals surface area contributed by atoms with Gasteiger partial charge in [-0.2, -0.15) is 0 Å². The van der Waals surface area contributed by atoms with Crippen molar-refractivity contribution in [3.05, 3.63) is 58.9 Å². The summed E-state index contributed by atoms with van der Waals surface area (Å²) in [6, 6.07) is 9.32. The average molecular weight is 526 g/mol.